The Bertz CT molecular complexity index is 4140. The predicted octanol–water partition coefficient (Wildman–Crippen LogP) is 20.5. The summed E-state index contributed by atoms with van der Waals surface area (Å²) in [7, 11) is 0. The molecule has 81 heavy (non-hydrogen) atoms. The predicted molar refractivity (Wildman–Crippen MR) is 352 cm³/mol. The van der Waals surface area contributed by atoms with Crippen LogP contribution in [0, 0.1) is 13.8 Å². The van der Waals surface area contributed by atoms with Gasteiger partial charge in [0.2, 0.25) is 0 Å². The minimum absolute atomic E-state index is 0.00320. The van der Waals surface area contributed by atoms with Crippen LogP contribution in [0.15, 0.2) is 150 Å². The number of nitrogens with zero attached hydrogens (tertiary/aromatic N) is 3. The van der Waals surface area contributed by atoms with Gasteiger partial charge in [-0.05, 0) is 174 Å². The summed E-state index contributed by atoms with van der Waals surface area (Å²) < 4.78 is 10.3. The van der Waals surface area contributed by atoms with E-state index in [2.05, 4.69) is 298 Å². The van der Waals surface area contributed by atoms with E-state index >= 15 is 0 Å². The molecule has 0 saturated carbocycles. The summed E-state index contributed by atoms with van der Waals surface area (Å²) in [6.45, 7) is 46.1. The van der Waals surface area contributed by atoms with Crippen LogP contribution in [0.5, 0.6) is 0 Å². The second-order valence-electron chi connectivity index (χ2n) is 30.1. The molecular weight excluding hydrogens is 982 g/mol. The first-order valence-corrected chi connectivity index (χ1v) is 29.7. The number of rotatable bonds is 5. The highest BCUT2D eigenvalue weighted by molar-refractivity contribution is 6.89. The van der Waals surface area contributed by atoms with Crippen molar-refractivity contribution in [2.45, 2.75) is 171 Å². The van der Waals surface area contributed by atoms with Crippen molar-refractivity contribution in [2.24, 2.45) is 0 Å². The van der Waals surface area contributed by atoms with Gasteiger partial charge >= 0.3 is 6.85 Å². The molecule has 412 valence electrons. The van der Waals surface area contributed by atoms with Crippen LogP contribution in [0.4, 0.5) is 34.1 Å². The largest absolute Gasteiger partial charge is 0.466 e. The van der Waals surface area contributed by atoms with E-state index in [0.29, 0.717) is 0 Å². The van der Waals surface area contributed by atoms with Gasteiger partial charge in [-0.2, -0.15) is 0 Å². The minimum Gasteiger partial charge on any atom is -0.466 e. The number of anilines is 6. The lowest BCUT2D eigenvalue weighted by Crippen LogP contribution is -2.56. The molecule has 0 saturated heterocycles. The van der Waals surface area contributed by atoms with E-state index < -0.39 is 0 Å². The fraction of sp³-hybridized carbons (Fsp3) is 0.342. The molecule has 12 rings (SSSR count). The number of fused-ring (bicyclic) bond motifs is 9. The zero-order valence-corrected chi connectivity index (χ0v) is 52.2. The van der Waals surface area contributed by atoms with Crippen LogP contribution in [-0.4, -0.2) is 11.3 Å². The van der Waals surface area contributed by atoms with Crippen molar-refractivity contribution in [2.75, 3.05) is 9.80 Å². The zero-order valence-electron chi connectivity index (χ0n) is 52.2. The Morgan fingerprint density at radius 1 is 0.432 bits per heavy atom. The van der Waals surface area contributed by atoms with E-state index in [4.69, 9.17) is 4.42 Å². The number of aromatic nitrogens is 1. The van der Waals surface area contributed by atoms with Gasteiger partial charge in [-0.25, -0.2) is 0 Å². The second kappa shape index (κ2) is 18.1. The van der Waals surface area contributed by atoms with Crippen molar-refractivity contribution < 1.29 is 4.42 Å². The standard InChI is InChI=1S/C76H84BN3O/c1-45-39-53(75(15,16)17)40-46(2)67(45)78(55-31-26-50(27-32-55)72(6,7)8)62-37-35-57-58-43-54(76(18,19)20)44-63-66(58)77(80-61-36-30-52(74(12,13)14)42-59(61)65(62)68(57)80)70-69(79(63)56-33-28-51(29-34-56)73(9,10)11)60-41-48(23-38-64(60)81-70)47-21-24-49(25-22-47)71(3,4)5/h21-44H,1-20H3. The molecule has 0 N–H and O–H groups in total. The molecule has 0 aliphatic carbocycles. The van der Waals surface area contributed by atoms with E-state index in [1.165, 1.54) is 111 Å². The van der Waals surface area contributed by atoms with Crippen molar-refractivity contribution in [1.82, 2.24) is 4.48 Å². The third-order valence-electron chi connectivity index (χ3n) is 17.9. The first-order chi connectivity index (χ1) is 37.8. The molecule has 2 aromatic heterocycles. The molecule has 0 bridgehead atoms. The molecule has 8 aromatic carbocycles. The van der Waals surface area contributed by atoms with Crippen molar-refractivity contribution in [1.29, 1.82) is 0 Å². The van der Waals surface area contributed by atoms with E-state index in [9.17, 15) is 0 Å². The molecule has 10 aromatic rings. The van der Waals surface area contributed by atoms with Gasteiger partial charge in [-0.3, -0.25) is 0 Å². The SMILES string of the molecule is Cc1cc(C(C)(C)C)cc(C)c1N(c1ccc(C(C)(C)C)cc1)c1ccc2c3c1c1cc(C(C)(C)C)ccc1n3B1c3oc4ccc(-c5ccc(C(C)(C)C)cc5)cc4c3N(c3ccc(C(C)(C)C)cc3)c3cc(C(C)(C)C)cc-2c31. The van der Waals surface area contributed by atoms with Crippen LogP contribution in [0.2, 0.25) is 0 Å². The summed E-state index contributed by atoms with van der Waals surface area (Å²) in [4.78, 5) is 5.15. The van der Waals surface area contributed by atoms with Gasteiger partial charge in [0.15, 0.2) is 0 Å². The first kappa shape index (κ1) is 54.4. The van der Waals surface area contributed by atoms with Gasteiger partial charge in [-0.15, -0.1) is 0 Å². The summed E-state index contributed by atoms with van der Waals surface area (Å²) in [5.74, 6) is 0. The maximum Gasteiger partial charge on any atom is 0.375 e. The molecule has 0 unspecified atom stereocenters. The number of benzene rings is 8. The van der Waals surface area contributed by atoms with Gasteiger partial charge < -0.3 is 18.7 Å². The van der Waals surface area contributed by atoms with Gasteiger partial charge in [0.05, 0.1) is 17.1 Å². The topological polar surface area (TPSA) is 24.6 Å². The van der Waals surface area contributed by atoms with Crippen molar-refractivity contribution >= 4 is 84.9 Å². The zero-order chi connectivity index (χ0) is 58.0. The molecule has 4 nitrogen and oxygen atoms in total. The molecule has 4 heterocycles. The Kier molecular flexibility index (Phi) is 12.2. The average Bonchev–Trinajstić information content (AvgIpc) is 2.15. The van der Waals surface area contributed by atoms with Crippen LogP contribution in [-0.2, 0) is 32.5 Å². The maximum atomic E-state index is 7.62. The van der Waals surface area contributed by atoms with Crippen LogP contribution in [0.25, 0.3) is 55.0 Å². The summed E-state index contributed by atoms with van der Waals surface area (Å²) >= 11 is 0. The van der Waals surface area contributed by atoms with Crippen LogP contribution in [0.1, 0.15) is 169 Å². The molecule has 0 spiro atoms. The molecule has 0 amide bonds. The van der Waals surface area contributed by atoms with Crippen LogP contribution >= 0.6 is 0 Å². The Morgan fingerprint density at radius 2 is 0.938 bits per heavy atom. The second-order valence-corrected chi connectivity index (χ2v) is 30.1. The molecule has 0 radical (unpaired) electrons. The number of hydrogen-bond acceptors (Lipinski definition) is 3. The Labute approximate surface area is 484 Å². The van der Waals surface area contributed by atoms with Gasteiger partial charge in [-0.1, -0.05) is 210 Å². The third-order valence-corrected chi connectivity index (χ3v) is 17.9. The monoisotopic (exact) mass is 1070 g/mol. The Hall–Kier alpha value is -7.24. The van der Waals surface area contributed by atoms with Crippen molar-refractivity contribution in [3.63, 3.8) is 0 Å². The van der Waals surface area contributed by atoms with Gasteiger partial charge in [0, 0.05) is 49.8 Å². The van der Waals surface area contributed by atoms with Crippen molar-refractivity contribution in [3.8, 4) is 22.3 Å². The van der Waals surface area contributed by atoms with E-state index in [-0.39, 0.29) is 39.3 Å². The molecular formula is C76H84BN3O. The summed E-state index contributed by atoms with van der Waals surface area (Å²) in [6, 6.07) is 56.9. The Morgan fingerprint density at radius 3 is 1.49 bits per heavy atom. The summed E-state index contributed by atoms with van der Waals surface area (Å²) in [5, 5.41) is 3.60. The molecule has 2 aliphatic rings. The lowest BCUT2D eigenvalue weighted by atomic mass is 9.47. The molecule has 0 atom stereocenters. The highest BCUT2D eigenvalue weighted by Gasteiger charge is 2.48. The molecule has 0 fully saturated rings. The number of aryl methyl sites for hydroxylation is 2. The molecule has 5 heteroatoms. The lowest BCUT2D eigenvalue weighted by molar-refractivity contribution is 0.589. The number of furan rings is 1. The Balaban J connectivity index is 1.22. The summed E-state index contributed by atoms with van der Waals surface area (Å²) in [6.07, 6.45) is 0. The van der Waals surface area contributed by atoms with Gasteiger partial charge in [0.25, 0.3) is 0 Å². The van der Waals surface area contributed by atoms with E-state index in [1.807, 2.05) is 0 Å². The van der Waals surface area contributed by atoms with Gasteiger partial charge in [0.1, 0.15) is 11.2 Å². The molecule has 2 aliphatic heterocycles. The fourth-order valence-electron chi connectivity index (χ4n) is 13.0. The van der Waals surface area contributed by atoms with E-state index in [1.54, 1.807) is 0 Å². The average molecular weight is 1070 g/mol. The fourth-order valence-corrected chi connectivity index (χ4v) is 13.0. The number of hydrogen-bond donors (Lipinski definition) is 0. The minimum atomic E-state index is -0.289. The lowest BCUT2D eigenvalue weighted by Gasteiger charge is -2.40. The van der Waals surface area contributed by atoms with Crippen molar-refractivity contribution in [3.05, 3.63) is 190 Å². The summed E-state index contributed by atoms with van der Waals surface area (Å²) in [5.41, 5.74) is 27.5. The smallest absolute Gasteiger partial charge is 0.375 e. The van der Waals surface area contributed by atoms with Crippen LogP contribution < -0.4 is 20.9 Å². The maximum absolute atomic E-state index is 7.62. The van der Waals surface area contributed by atoms with Crippen LogP contribution in [0.3, 0.4) is 0 Å². The third kappa shape index (κ3) is 8.95. The van der Waals surface area contributed by atoms with E-state index in [0.717, 1.165) is 33.7 Å². The first-order valence-electron chi connectivity index (χ1n) is 29.7. The highest BCUT2D eigenvalue weighted by atomic mass is 16.3. The quantitative estimate of drug-likeness (QED) is 0.161. The normalized spacial score (nSPS) is 13.9. The highest BCUT2D eigenvalue weighted by Crippen LogP contribution is 2.54.